The van der Waals surface area contributed by atoms with Crippen LogP contribution in [-0.2, 0) is 5.75 Å². The molecule has 2 aromatic carbocycles. The van der Waals surface area contributed by atoms with Crippen molar-refractivity contribution in [1.29, 1.82) is 0 Å². The van der Waals surface area contributed by atoms with Gasteiger partial charge in [-0.1, -0.05) is 36.4 Å². The molecule has 0 unspecified atom stereocenters. The highest BCUT2D eigenvalue weighted by atomic mass is 32.2. The Hall–Kier alpha value is -1.78. The van der Waals surface area contributed by atoms with E-state index in [-0.39, 0.29) is 0 Å². The standard InChI is InChI=1S/C17H18N2S2/c1-2-12-18-17(20)19-15-10-8-14(9-11-15)13-21-16-6-4-3-5-7-16/h2-11H,1,12-13H2,(H2,18,19,20). The normalized spacial score (nSPS) is 9.90. The van der Waals surface area contributed by atoms with Gasteiger partial charge in [0.25, 0.3) is 0 Å². The summed E-state index contributed by atoms with van der Waals surface area (Å²) >= 11 is 7.01. The van der Waals surface area contributed by atoms with Crippen molar-refractivity contribution in [3.05, 3.63) is 72.8 Å². The van der Waals surface area contributed by atoms with Gasteiger partial charge in [-0.2, -0.15) is 0 Å². The number of thiocarbonyl (C=S) groups is 1. The van der Waals surface area contributed by atoms with Crippen LogP contribution in [-0.4, -0.2) is 11.7 Å². The summed E-state index contributed by atoms with van der Waals surface area (Å²) in [5.74, 6) is 0.962. The Morgan fingerprint density at radius 3 is 2.48 bits per heavy atom. The lowest BCUT2D eigenvalue weighted by Crippen LogP contribution is -2.28. The summed E-state index contributed by atoms with van der Waals surface area (Å²) in [6.45, 7) is 4.31. The van der Waals surface area contributed by atoms with E-state index < -0.39 is 0 Å². The number of hydrogen-bond acceptors (Lipinski definition) is 2. The molecule has 2 N–H and O–H groups in total. The van der Waals surface area contributed by atoms with Crippen molar-refractivity contribution in [2.24, 2.45) is 0 Å². The smallest absolute Gasteiger partial charge is 0.171 e. The Labute approximate surface area is 135 Å². The highest BCUT2D eigenvalue weighted by Gasteiger charge is 1.99. The van der Waals surface area contributed by atoms with Gasteiger partial charge in [0, 0.05) is 22.9 Å². The van der Waals surface area contributed by atoms with Crippen LogP contribution in [0.5, 0.6) is 0 Å². The number of anilines is 1. The molecular formula is C17H18N2S2. The predicted octanol–water partition coefficient (Wildman–Crippen LogP) is 4.45. The summed E-state index contributed by atoms with van der Waals surface area (Å²) in [6.07, 6.45) is 1.78. The predicted molar refractivity (Wildman–Crippen MR) is 96.9 cm³/mol. The van der Waals surface area contributed by atoms with E-state index in [0.29, 0.717) is 11.7 Å². The highest BCUT2D eigenvalue weighted by molar-refractivity contribution is 7.98. The molecule has 0 radical (unpaired) electrons. The van der Waals surface area contributed by atoms with Crippen LogP contribution >= 0.6 is 24.0 Å². The largest absolute Gasteiger partial charge is 0.359 e. The average Bonchev–Trinajstić information content (AvgIpc) is 2.53. The molecule has 0 aliphatic rings. The molecule has 0 saturated heterocycles. The van der Waals surface area contributed by atoms with Crippen LogP contribution < -0.4 is 10.6 Å². The van der Waals surface area contributed by atoms with Crippen molar-refractivity contribution >= 4 is 34.8 Å². The Morgan fingerprint density at radius 1 is 1.10 bits per heavy atom. The monoisotopic (exact) mass is 314 g/mol. The summed E-state index contributed by atoms with van der Waals surface area (Å²) < 4.78 is 0. The summed E-state index contributed by atoms with van der Waals surface area (Å²) in [5.41, 5.74) is 2.28. The van der Waals surface area contributed by atoms with E-state index in [4.69, 9.17) is 12.2 Å². The van der Waals surface area contributed by atoms with E-state index in [0.717, 1.165) is 11.4 Å². The van der Waals surface area contributed by atoms with Crippen molar-refractivity contribution in [3.8, 4) is 0 Å². The summed E-state index contributed by atoms with van der Waals surface area (Å²) in [7, 11) is 0. The molecule has 108 valence electrons. The van der Waals surface area contributed by atoms with E-state index >= 15 is 0 Å². The van der Waals surface area contributed by atoms with E-state index in [9.17, 15) is 0 Å². The molecule has 0 saturated carbocycles. The third kappa shape index (κ3) is 5.61. The van der Waals surface area contributed by atoms with Crippen LogP contribution in [0, 0.1) is 0 Å². The van der Waals surface area contributed by atoms with Crippen LogP contribution in [0.4, 0.5) is 5.69 Å². The highest BCUT2D eigenvalue weighted by Crippen LogP contribution is 2.22. The molecule has 0 aliphatic carbocycles. The Kier molecular flexibility index (Phi) is 6.31. The first kappa shape index (κ1) is 15.6. The zero-order valence-corrected chi connectivity index (χ0v) is 13.3. The van der Waals surface area contributed by atoms with Crippen LogP contribution in [0.2, 0.25) is 0 Å². The van der Waals surface area contributed by atoms with Crippen molar-refractivity contribution in [2.45, 2.75) is 10.6 Å². The Balaban J connectivity index is 1.84. The fraction of sp³-hybridized carbons (Fsp3) is 0.118. The molecule has 0 spiro atoms. The molecule has 2 rings (SSSR count). The third-order valence-corrected chi connectivity index (χ3v) is 4.10. The first-order valence-corrected chi connectivity index (χ1v) is 8.10. The zero-order chi connectivity index (χ0) is 14.9. The second-order valence-electron chi connectivity index (χ2n) is 4.42. The molecule has 0 fully saturated rings. The molecular weight excluding hydrogens is 296 g/mol. The van der Waals surface area contributed by atoms with Crippen LogP contribution in [0.25, 0.3) is 0 Å². The van der Waals surface area contributed by atoms with E-state index in [1.807, 2.05) is 30.0 Å². The molecule has 4 heteroatoms. The molecule has 0 aromatic heterocycles. The molecule has 21 heavy (non-hydrogen) atoms. The number of rotatable bonds is 6. The van der Waals surface area contributed by atoms with Gasteiger partial charge in [-0.3, -0.25) is 0 Å². The summed E-state index contributed by atoms with van der Waals surface area (Å²) in [4.78, 5) is 1.29. The van der Waals surface area contributed by atoms with Crippen LogP contribution in [0.15, 0.2) is 72.1 Å². The lowest BCUT2D eigenvalue weighted by atomic mass is 10.2. The quantitative estimate of drug-likeness (QED) is 0.467. The van der Waals surface area contributed by atoms with Crippen LogP contribution in [0.1, 0.15) is 5.56 Å². The summed E-state index contributed by atoms with van der Waals surface area (Å²) in [5, 5.41) is 6.80. The van der Waals surface area contributed by atoms with Gasteiger partial charge < -0.3 is 10.6 Å². The van der Waals surface area contributed by atoms with Crippen molar-refractivity contribution < 1.29 is 0 Å². The average molecular weight is 314 g/mol. The number of nitrogens with one attached hydrogen (secondary N) is 2. The van der Waals surface area contributed by atoms with Gasteiger partial charge in [0.2, 0.25) is 0 Å². The minimum absolute atomic E-state index is 0.612. The fourth-order valence-electron chi connectivity index (χ4n) is 1.71. The molecule has 0 atom stereocenters. The molecule has 0 aliphatic heterocycles. The Morgan fingerprint density at radius 2 is 1.81 bits per heavy atom. The fourth-order valence-corrected chi connectivity index (χ4v) is 2.78. The van der Waals surface area contributed by atoms with Gasteiger partial charge in [0.1, 0.15) is 0 Å². The van der Waals surface area contributed by atoms with Crippen molar-refractivity contribution in [3.63, 3.8) is 0 Å². The van der Waals surface area contributed by atoms with Gasteiger partial charge in [0.05, 0.1) is 0 Å². The zero-order valence-electron chi connectivity index (χ0n) is 11.7. The minimum Gasteiger partial charge on any atom is -0.359 e. The molecule has 0 bridgehead atoms. The topological polar surface area (TPSA) is 24.1 Å². The van der Waals surface area contributed by atoms with Crippen LogP contribution in [0.3, 0.4) is 0 Å². The van der Waals surface area contributed by atoms with E-state index in [2.05, 4.69) is 53.6 Å². The van der Waals surface area contributed by atoms with Gasteiger partial charge >= 0.3 is 0 Å². The van der Waals surface area contributed by atoms with E-state index in [1.165, 1.54) is 10.5 Å². The maximum atomic E-state index is 5.18. The number of benzene rings is 2. The minimum atomic E-state index is 0.612. The van der Waals surface area contributed by atoms with E-state index in [1.54, 1.807) is 6.08 Å². The van der Waals surface area contributed by atoms with Crippen molar-refractivity contribution in [2.75, 3.05) is 11.9 Å². The first-order chi connectivity index (χ1) is 10.3. The van der Waals surface area contributed by atoms with Gasteiger partial charge in [0.15, 0.2) is 5.11 Å². The Bertz CT molecular complexity index is 579. The van der Waals surface area contributed by atoms with Crippen molar-refractivity contribution in [1.82, 2.24) is 5.32 Å². The number of thioether (sulfide) groups is 1. The van der Waals surface area contributed by atoms with Gasteiger partial charge in [-0.15, -0.1) is 18.3 Å². The molecule has 0 heterocycles. The molecule has 0 amide bonds. The lowest BCUT2D eigenvalue weighted by Gasteiger charge is -2.09. The SMILES string of the molecule is C=CCNC(=S)Nc1ccc(CSc2ccccc2)cc1. The molecule has 2 aromatic rings. The maximum Gasteiger partial charge on any atom is 0.171 e. The van der Waals surface area contributed by atoms with Gasteiger partial charge in [-0.05, 0) is 42.0 Å². The second-order valence-corrected chi connectivity index (χ2v) is 5.88. The number of hydrogen-bond donors (Lipinski definition) is 2. The third-order valence-electron chi connectivity index (χ3n) is 2.77. The summed E-state index contributed by atoms with van der Waals surface area (Å²) in [6, 6.07) is 18.7. The maximum absolute atomic E-state index is 5.18. The molecule has 2 nitrogen and oxygen atoms in total. The van der Waals surface area contributed by atoms with Gasteiger partial charge in [-0.25, -0.2) is 0 Å². The lowest BCUT2D eigenvalue weighted by molar-refractivity contribution is 1.06. The first-order valence-electron chi connectivity index (χ1n) is 6.70. The second kappa shape index (κ2) is 8.49.